The van der Waals surface area contributed by atoms with Crippen molar-refractivity contribution in [3.8, 4) is 0 Å². The van der Waals surface area contributed by atoms with Crippen LogP contribution in [0.15, 0.2) is 24.3 Å². The summed E-state index contributed by atoms with van der Waals surface area (Å²) in [5.41, 5.74) is 0.950. The van der Waals surface area contributed by atoms with Gasteiger partial charge >= 0.3 is 12.0 Å². The molecule has 0 saturated carbocycles. The molecule has 1 aliphatic heterocycles. The largest absolute Gasteiger partial charge is 0.481 e. The number of piperidine rings is 1. The fraction of sp³-hybridized carbons (Fsp3) is 0.526. The maximum absolute atomic E-state index is 12.4. The highest BCUT2D eigenvalue weighted by Crippen LogP contribution is 2.18. The number of hydrogen-bond acceptors (Lipinski definition) is 4. The molecule has 1 atom stereocenters. The lowest BCUT2D eigenvalue weighted by molar-refractivity contribution is -0.143. The van der Waals surface area contributed by atoms with Gasteiger partial charge in [0.15, 0.2) is 0 Å². The van der Waals surface area contributed by atoms with Gasteiger partial charge in [-0.2, -0.15) is 0 Å². The van der Waals surface area contributed by atoms with Gasteiger partial charge in [0, 0.05) is 44.1 Å². The van der Waals surface area contributed by atoms with Crippen molar-refractivity contribution in [1.29, 1.82) is 0 Å². The Hall–Kier alpha value is -2.61. The van der Waals surface area contributed by atoms with Gasteiger partial charge in [-0.3, -0.25) is 9.59 Å². The summed E-state index contributed by atoms with van der Waals surface area (Å²) in [6, 6.07) is 6.32. The zero-order valence-corrected chi connectivity index (χ0v) is 15.6. The number of amides is 3. The van der Waals surface area contributed by atoms with E-state index in [0.29, 0.717) is 50.4 Å². The molecule has 2 rings (SSSR count). The molecule has 1 heterocycles. The summed E-state index contributed by atoms with van der Waals surface area (Å²) < 4.78 is 5.22. The SMILES string of the molecule is CCOCCCNC(=O)c1cccc(NC(=O)N2CCCC(C(=O)O)C2)c1. The Morgan fingerprint density at radius 3 is 2.89 bits per heavy atom. The predicted molar refractivity (Wildman–Crippen MR) is 101 cm³/mol. The number of hydrogen-bond donors (Lipinski definition) is 3. The number of nitrogens with zero attached hydrogens (tertiary/aromatic N) is 1. The van der Waals surface area contributed by atoms with Crippen molar-refractivity contribution < 1.29 is 24.2 Å². The molecule has 1 unspecified atom stereocenters. The summed E-state index contributed by atoms with van der Waals surface area (Å²) in [6.45, 7) is 4.40. The standard InChI is InChI=1S/C19H27N3O5/c1-2-27-11-5-9-20-17(23)14-6-3-8-16(12-14)21-19(26)22-10-4-7-15(13-22)18(24)25/h3,6,8,12,15H,2,4-5,7,9-11,13H2,1H3,(H,20,23)(H,21,26)(H,24,25). The number of benzene rings is 1. The van der Waals surface area contributed by atoms with Crippen LogP contribution >= 0.6 is 0 Å². The second-order valence-electron chi connectivity index (χ2n) is 6.44. The molecule has 0 aliphatic carbocycles. The minimum atomic E-state index is -0.879. The highest BCUT2D eigenvalue weighted by Gasteiger charge is 2.28. The van der Waals surface area contributed by atoms with Gasteiger partial charge in [-0.1, -0.05) is 6.07 Å². The van der Waals surface area contributed by atoms with Crippen LogP contribution in [-0.4, -0.2) is 60.8 Å². The van der Waals surface area contributed by atoms with Gasteiger partial charge in [0.2, 0.25) is 0 Å². The van der Waals surface area contributed by atoms with Gasteiger partial charge in [-0.05, 0) is 44.4 Å². The molecule has 8 nitrogen and oxygen atoms in total. The van der Waals surface area contributed by atoms with E-state index < -0.39 is 11.9 Å². The van der Waals surface area contributed by atoms with Crippen LogP contribution in [0.25, 0.3) is 0 Å². The van der Waals surface area contributed by atoms with Gasteiger partial charge in [0.25, 0.3) is 5.91 Å². The van der Waals surface area contributed by atoms with Gasteiger partial charge < -0.3 is 25.4 Å². The highest BCUT2D eigenvalue weighted by atomic mass is 16.5. The maximum Gasteiger partial charge on any atom is 0.321 e. The Morgan fingerprint density at radius 2 is 2.15 bits per heavy atom. The average Bonchev–Trinajstić information content (AvgIpc) is 2.68. The zero-order chi connectivity index (χ0) is 19.6. The van der Waals surface area contributed by atoms with Crippen LogP contribution in [-0.2, 0) is 9.53 Å². The smallest absolute Gasteiger partial charge is 0.321 e. The first kappa shape index (κ1) is 20.7. The molecule has 1 aromatic rings. The first-order chi connectivity index (χ1) is 13.0. The van der Waals surface area contributed by atoms with Crippen LogP contribution in [0.3, 0.4) is 0 Å². The Labute approximate surface area is 158 Å². The minimum absolute atomic E-state index is 0.196. The van der Waals surface area contributed by atoms with Crippen LogP contribution in [0, 0.1) is 5.92 Å². The number of aliphatic carboxylic acids is 1. The predicted octanol–water partition coefficient (Wildman–Crippen LogP) is 2.17. The molecule has 0 spiro atoms. The van der Waals surface area contributed by atoms with Crippen LogP contribution in [0.5, 0.6) is 0 Å². The third-order valence-electron chi connectivity index (χ3n) is 4.39. The van der Waals surface area contributed by atoms with Gasteiger partial charge in [-0.15, -0.1) is 0 Å². The number of nitrogens with one attached hydrogen (secondary N) is 2. The summed E-state index contributed by atoms with van der Waals surface area (Å²) >= 11 is 0. The fourth-order valence-electron chi connectivity index (χ4n) is 2.93. The first-order valence-electron chi connectivity index (χ1n) is 9.26. The van der Waals surface area contributed by atoms with Crippen molar-refractivity contribution in [2.75, 3.05) is 38.2 Å². The third-order valence-corrected chi connectivity index (χ3v) is 4.39. The summed E-state index contributed by atoms with van der Waals surface area (Å²) in [7, 11) is 0. The van der Waals surface area contributed by atoms with Crippen LogP contribution in [0.4, 0.5) is 10.5 Å². The van der Waals surface area contributed by atoms with E-state index in [4.69, 9.17) is 9.84 Å². The first-order valence-corrected chi connectivity index (χ1v) is 9.26. The topological polar surface area (TPSA) is 108 Å². The summed E-state index contributed by atoms with van der Waals surface area (Å²) in [6.07, 6.45) is 1.97. The molecule has 0 bridgehead atoms. The maximum atomic E-state index is 12.4. The van der Waals surface area contributed by atoms with Gasteiger partial charge in [0.1, 0.15) is 0 Å². The Bertz CT molecular complexity index is 665. The summed E-state index contributed by atoms with van der Waals surface area (Å²) in [4.78, 5) is 37.2. The Morgan fingerprint density at radius 1 is 1.33 bits per heavy atom. The van der Waals surface area contributed by atoms with E-state index in [1.54, 1.807) is 24.3 Å². The van der Waals surface area contributed by atoms with Crippen molar-refractivity contribution in [2.45, 2.75) is 26.2 Å². The lowest BCUT2D eigenvalue weighted by atomic mass is 9.99. The van der Waals surface area contributed by atoms with Crippen LogP contribution < -0.4 is 10.6 Å². The van der Waals surface area contributed by atoms with E-state index in [1.807, 2.05) is 6.92 Å². The second-order valence-corrected chi connectivity index (χ2v) is 6.44. The number of urea groups is 1. The molecular weight excluding hydrogens is 350 g/mol. The van der Waals surface area contributed by atoms with E-state index in [1.165, 1.54) is 4.90 Å². The molecule has 0 aromatic heterocycles. The number of carbonyl (C=O) groups excluding carboxylic acids is 2. The molecule has 1 aromatic carbocycles. The Balaban J connectivity index is 1.88. The number of carbonyl (C=O) groups is 3. The zero-order valence-electron chi connectivity index (χ0n) is 15.6. The number of carboxylic acid groups (broad SMARTS) is 1. The van der Waals surface area contributed by atoms with Crippen LogP contribution in [0.2, 0.25) is 0 Å². The van der Waals surface area contributed by atoms with Crippen LogP contribution in [0.1, 0.15) is 36.5 Å². The van der Waals surface area contributed by atoms with Crippen molar-refractivity contribution >= 4 is 23.6 Å². The summed E-state index contributed by atoms with van der Waals surface area (Å²) in [5, 5.41) is 14.7. The lowest BCUT2D eigenvalue weighted by Gasteiger charge is -2.30. The van der Waals surface area contributed by atoms with E-state index in [9.17, 15) is 14.4 Å². The molecule has 8 heteroatoms. The second kappa shape index (κ2) is 10.5. The van der Waals surface area contributed by atoms with E-state index in [2.05, 4.69) is 10.6 Å². The van der Waals surface area contributed by atoms with E-state index in [0.717, 1.165) is 6.42 Å². The van der Waals surface area contributed by atoms with Gasteiger partial charge in [-0.25, -0.2) is 4.79 Å². The van der Waals surface area contributed by atoms with E-state index in [-0.39, 0.29) is 18.5 Å². The lowest BCUT2D eigenvalue weighted by Crippen LogP contribution is -2.44. The van der Waals surface area contributed by atoms with Crippen molar-refractivity contribution in [3.63, 3.8) is 0 Å². The number of carboxylic acids is 1. The fourth-order valence-corrected chi connectivity index (χ4v) is 2.93. The number of likely N-dealkylation sites (tertiary alicyclic amines) is 1. The quantitative estimate of drug-likeness (QED) is 0.602. The molecule has 3 amide bonds. The third kappa shape index (κ3) is 6.56. The average molecular weight is 377 g/mol. The molecule has 1 saturated heterocycles. The highest BCUT2D eigenvalue weighted by molar-refractivity contribution is 5.97. The van der Waals surface area contributed by atoms with Crippen molar-refractivity contribution in [3.05, 3.63) is 29.8 Å². The normalized spacial score (nSPS) is 16.6. The monoisotopic (exact) mass is 377 g/mol. The van der Waals surface area contributed by atoms with Crippen molar-refractivity contribution in [2.24, 2.45) is 5.92 Å². The number of anilines is 1. The molecule has 148 valence electrons. The Kier molecular flexibility index (Phi) is 8.06. The van der Waals surface area contributed by atoms with Gasteiger partial charge in [0.05, 0.1) is 5.92 Å². The number of rotatable bonds is 8. The molecular formula is C19H27N3O5. The molecule has 0 radical (unpaired) electrons. The molecule has 1 fully saturated rings. The molecule has 27 heavy (non-hydrogen) atoms. The van der Waals surface area contributed by atoms with Crippen molar-refractivity contribution in [1.82, 2.24) is 10.2 Å². The minimum Gasteiger partial charge on any atom is -0.481 e. The molecule has 3 N–H and O–H groups in total. The number of ether oxygens (including phenoxy) is 1. The van der Waals surface area contributed by atoms with E-state index >= 15 is 0 Å². The summed E-state index contributed by atoms with van der Waals surface area (Å²) in [5.74, 6) is -1.62. The molecule has 1 aliphatic rings.